The highest BCUT2D eigenvalue weighted by Gasteiger charge is 2.36. The van der Waals surface area contributed by atoms with Crippen LogP contribution in [0.1, 0.15) is 51.0 Å². The number of hydrogen-bond acceptors (Lipinski definition) is 4. The number of amides is 1. The Balaban J connectivity index is 1.46. The van der Waals surface area contributed by atoms with E-state index in [4.69, 9.17) is 0 Å². The van der Waals surface area contributed by atoms with Crippen LogP contribution in [0.4, 0.5) is 0 Å². The zero-order valence-corrected chi connectivity index (χ0v) is 15.4. The van der Waals surface area contributed by atoms with E-state index in [-0.39, 0.29) is 5.91 Å². The molecule has 0 unspecified atom stereocenters. The summed E-state index contributed by atoms with van der Waals surface area (Å²) < 4.78 is 0. The van der Waals surface area contributed by atoms with Crippen LogP contribution in [0.5, 0.6) is 0 Å². The quantitative estimate of drug-likeness (QED) is 0.890. The smallest absolute Gasteiger partial charge is 0.222 e. The normalized spacial score (nSPS) is 22.1. The predicted octanol–water partition coefficient (Wildman–Crippen LogP) is 2.40. The van der Waals surface area contributed by atoms with Gasteiger partial charge in [0, 0.05) is 37.5 Å². The van der Waals surface area contributed by atoms with Crippen molar-refractivity contribution in [2.24, 2.45) is 5.92 Å². The summed E-state index contributed by atoms with van der Waals surface area (Å²) in [5.41, 5.74) is 0.0293. The van der Waals surface area contributed by atoms with Crippen LogP contribution in [0.25, 0.3) is 0 Å². The number of aliphatic hydroxyl groups is 1. The Morgan fingerprint density at radius 2 is 2.00 bits per heavy atom. The molecule has 0 aromatic carbocycles. The van der Waals surface area contributed by atoms with E-state index >= 15 is 0 Å². The Morgan fingerprint density at radius 1 is 1.28 bits per heavy atom. The minimum atomic E-state index is -0.837. The number of hydrogen-bond donors (Lipinski definition) is 1. The van der Waals surface area contributed by atoms with Gasteiger partial charge in [-0.1, -0.05) is 13.0 Å². The largest absolute Gasteiger partial charge is 0.385 e. The first-order valence-corrected chi connectivity index (χ1v) is 9.74. The van der Waals surface area contributed by atoms with Crippen LogP contribution >= 0.6 is 0 Å². The van der Waals surface area contributed by atoms with Crippen molar-refractivity contribution in [3.8, 4) is 0 Å². The standard InChI is InChI=1S/C20H31N3O2/c1-2-10-22-11-5-17(6-12-22)15-19(24)23-13-7-20(25,8-14-23)18-4-3-9-21-16-18/h3-4,9,16-17,25H,2,5-8,10-15H2,1H3. The molecule has 2 saturated heterocycles. The van der Waals surface area contributed by atoms with Crippen LogP contribution in [-0.4, -0.2) is 58.5 Å². The fourth-order valence-corrected chi connectivity index (χ4v) is 4.16. The van der Waals surface area contributed by atoms with Gasteiger partial charge in [-0.15, -0.1) is 0 Å². The van der Waals surface area contributed by atoms with Crippen molar-refractivity contribution in [2.75, 3.05) is 32.7 Å². The zero-order chi connectivity index (χ0) is 17.7. The number of likely N-dealkylation sites (tertiary alicyclic amines) is 2. The molecule has 25 heavy (non-hydrogen) atoms. The molecule has 3 rings (SSSR count). The van der Waals surface area contributed by atoms with Crippen molar-refractivity contribution >= 4 is 5.91 Å². The van der Waals surface area contributed by atoms with Crippen molar-refractivity contribution in [1.29, 1.82) is 0 Å². The third-order valence-electron chi connectivity index (χ3n) is 5.85. The van der Waals surface area contributed by atoms with E-state index in [1.165, 1.54) is 13.0 Å². The van der Waals surface area contributed by atoms with Crippen LogP contribution in [0.15, 0.2) is 24.5 Å². The first-order chi connectivity index (χ1) is 12.1. The maximum absolute atomic E-state index is 12.6. The molecular weight excluding hydrogens is 314 g/mol. The molecule has 0 saturated carbocycles. The second-order valence-corrected chi connectivity index (χ2v) is 7.64. The lowest BCUT2D eigenvalue weighted by Crippen LogP contribution is -2.46. The van der Waals surface area contributed by atoms with E-state index in [2.05, 4.69) is 16.8 Å². The Bertz CT molecular complexity index is 547. The fraction of sp³-hybridized carbons (Fsp3) is 0.700. The molecule has 2 aliphatic heterocycles. The number of carbonyl (C=O) groups excluding carboxylic acids is 1. The van der Waals surface area contributed by atoms with Gasteiger partial charge in [0.25, 0.3) is 0 Å². The molecule has 3 heterocycles. The molecule has 0 radical (unpaired) electrons. The average molecular weight is 345 g/mol. The first-order valence-electron chi connectivity index (χ1n) is 9.74. The van der Waals surface area contributed by atoms with Crippen LogP contribution < -0.4 is 0 Å². The van der Waals surface area contributed by atoms with Crippen molar-refractivity contribution in [3.05, 3.63) is 30.1 Å². The lowest BCUT2D eigenvalue weighted by atomic mass is 9.85. The van der Waals surface area contributed by atoms with Gasteiger partial charge in [0.05, 0.1) is 5.60 Å². The average Bonchev–Trinajstić information content (AvgIpc) is 2.65. The third kappa shape index (κ3) is 4.59. The highest BCUT2D eigenvalue weighted by atomic mass is 16.3. The molecule has 0 spiro atoms. The predicted molar refractivity (Wildman–Crippen MR) is 98.0 cm³/mol. The summed E-state index contributed by atoms with van der Waals surface area (Å²) in [6, 6.07) is 3.78. The van der Waals surface area contributed by atoms with E-state index < -0.39 is 5.60 Å². The molecule has 138 valence electrons. The molecule has 1 N–H and O–H groups in total. The van der Waals surface area contributed by atoms with Crippen LogP contribution in [0.2, 0.25) is 0 Å². The summed E-state index contributed by atoms with van der Waals surface area (Å²) in [5.74, 6) is 0.793. The van der Waals surface area contributed by atoms with Crippen LogP contribution in [-0.2, 0) is 10.4 Å². The Labute approximate surface area is 151 Å². The lowest BCUT2D eigenvalue weighted by Gasteiger charge is -2.39. The van der Waals surface area contributed by atoms with E-state index in [0.717, 1.165) is 31.5 Å². The van der Waals surface area contributed by atoms with Gasteiger partial charge >= 0.3 is 0 Å². The number of carbonyl (C=O) groups is 1. The molecule has 5 nitrogen and oxygen atoms in total. The van der Waals surface area contributed by atoms with Gasteiger partial charge < -0.3 is 14.9 Å². The highest BCUT2D eigenvalue weighted by molar-refractivity contribution is 5.76. The molecular formula is C20H31N3O2. The molecule has 0 aliphatic carbocycles. The van der Waals surface area contributed by atoms with Crippen LogP contribution in [0, 0.1) is 5.92 Å². The second kappa shape index (κ2) is 8.28. The molecule has 5 heteroatoms. The van der Waals surface area contributed by atoms with Gasteiger partial charge in [-0.05, 0) is 63.7 Å². The molecule has 2 fully saturated rings. The summed E-state index contributed by atoms with van der Waals surface area (Å²) >= 11 is 0. The Kier molecular flexibility index (Phi) is 6.07. The van der Waals surface area contributed by atoms with Crippen molar-refractivity contribution in [3.63, 3.8) is 0 Å². The first kappa shape index (κ1) is 18.3. The van der Waals surface area contributed by atoms with Gasteiger partial charge in [0.1, 0.15) is 0 Å². The summed E-state index contributed by atoms with van der Waals surface area (Å²) in [6.07, 6.45) is 8.80. The third-order valence-corrected chi connectivity index (χ3v) is 5.85. The minimum absolute atomic E-state index is 0.266. The van der Waals surface area contributed by atoms with Gasteiger partial charge in [0.2, 0.25) is 5.91 Å². The number of aromatic nitrogens is 1. The van der Waals surface area contributed by atoms with E-state index in [0.29, 0.717) is 38.3 Å². The summed E-state index contributed by atoms with van der Waals surface area (Å²) in [5, 5.41) is 10.9. The van der Waals surface area contributed by atoms with Gasteiger partial charge in [-0.2, -0.15) is 0 Å². The van der Waals surface area contributed by atoms with Crippen molar-refractivity contribution < 1.29 is 9.90 Å². The van der Waals surface area contributed by atoms with E-state index in [9.17, 15) is 9.90 Å². The summed E-state index contributed by atoms with van der Waals surface area (Å²) in [4.78, 5) is 21.2. The topological polar surface area (TPSA) is 56.7 Å². The second-order valence-electron chi connectivity index (χ2n) is 7.64. The number of rotatable bonds is 5. The van der Waals surface area contributed by atoms with E-state index in [1.54, 1.807) is 12.4 Å². The summed E-state index contributed by atoms with van der Waals surface area (Å²) in [7, 11) is 0. The molecule has 1 aromatic rings. The number of nitrogens with zero attached hydrogens (tertiary/aromatic N) is 3. The highest BCUT2D eigenvalue weighted by Crippen LogP contribution is 2.33. The maximum atomic E-state index is 12.6. The van der Waals surface area contributed by atoms with Crippen molar-refractivity contribution in [1.82, 2.24) is 14.8 Å². The molecule has 0 atom stereocenters. The minimum Gasteiger partial charge on any atom is -0.385 e. The van der Waals surface area contributed by atoms with Crippen LogP contribution in [0.3, 0.4) is 0 Å². The van der Waals surface area contributed by atoms with Gasteiger partial charge in [-0.25, -0.2) is 0 Å². The SMILES string of the molecule is CCCN1CCC(CC(=O)N2CCC(O)(c3cccnc3)CC2)CC1. The number of piperidine rings is 2. The number of pyridine rings is 1. The monoisotopic (exact) mass is 345 g/mol. The summed E-state index contributed by atoms with van der Waals surface area (Å²) in [6.45, 7) is 6.94. The fourth-order valence-electron chi connectivity index (χ4n) is 4.16. The van der Waals surface area contributed by atoms with Gasteiger partial charge in [0.15, 0.2) is 0 Å². The van der Waals surface area contributed by atoms with Crippen molar-refractivity contribution in [2.45, 2.75) is 51.0 Å². The van der Waals surface area contributed by atoms with E-state index in [1.807, 2.05) is 17.0 Å². The molecule has 1 aromatic heterocycles. The Hall–Kier alpha value is -1.46. The maximum Gasteiger partial charge on any atom is 0.222 e. The zero-order valence-electron chi connectivity index (χ0n) is 15.4. The Morgan fingerprint density at radius 3 is 2.60 bits per heavy atom. The lowest BCUT2D eigenvalue weighted by molar-refractivity contribution is -0.137. The van der Waals surface area contributed by atoms with Gasteiger partial charge in [-0.3, -0.25) is 9.78 Å². The molecule has 1 amide bonds. The molecule has 0 bridgehead atoms. The molecule has 2 aliphatic rings.